The molecule has 2 aromatic heterocycles. The minimum atomic E-state index is -0.295. The number of aromatic nitrogens is 3. The van der Waals surface area contributed by atoms with Crippen LogP contribution in [0.2, 0.25) is 5.02 Å². The van der Waals surface area contributed by atoms with E-state index < -0.39 is 0 Å². The smallest absolute Gasteiger partial charge is 0.261 e. The molecule has 0 bridgehead atoms. The van der Waals surface area contributed by atoms with E-state index in [4.69, 9.17) is 11.6 Å². The number of likely N-dealkylation sites (tertiary alicyclic amines) is 1. The number of rotatable bonds is 6. The number of nitrogens with zero attached hydrogens (tertiary/aromatic N) is 5. The molecule has 2 fully saturated rings. The highest BCUT2D eigenvalue weighted by Crippen LogP contribution is 2.47. The summed E-state index contributed by atoms with van der Waals surface area (Å²) in [6.45, 7) is 2.96. The number of nitriles is 1. The molecule has 2 atom stereocenters. The topological polar surface area (TPSA) is 86.8 Å². The Morgan fingerprint density at radius 1 is 1.06 bits per heavy atom. The first-order chi connectivity index (χ1) is 17.1. The Labute approximate surface area is 207 Å². The summed E-state index contributed by atoms with van der Waals surface area (Å²) in [6, 6.07) is 21.9. The van der Waals surface area contributed by atoms with Crippen molar-refractivity contribution in [2.45, 2.75) is 19.1 Å². The van der Waals surface area contributed by atoms with Crippen molar-refractivity contribution in [1.29, 1.82) is 5.26 Å². The van der Waals surface area contributed by atoms with Gasteiger partial charge in [0.05, 0.1) is 6.07 Å². The molecule has 3 heterocycles. The molecule has 0 amide bonds. The van der Waals surface area contributed by atoms with Crippen molar-refractivity contribution in [3.63, 3.8) is 0 Å². The summed E-state index contributed by atoms with van der Waals surface area (Å²) >= 11 is 6.35. The summed E-state index contributed by atoms with van der Waals surface area (Å²) in [7, 11) is 0. The predicted molar refractivity (Wildman–Crippen MR) is 136 cm³/mol. The first-order valence-corrected chi connectivity index (χ1v) is 12.1. The largest absolute Gasteiger partial charge is 0.351 e. The molecule has 1 N–H and O–H groups in total. The van der Waals surface area contributed by atoms with Crippen molar-refractivity contribution in [3.8, 4) is 17.2 Å². The van der Waals surface area contributed by atoms with E-state index in [1.54, 1.807) is 24.4 Å². The van der Waals surface area contributed by atoms with Gasteiger partial charge >= 0.3 is 0 Å². The zero-order chi connectivity index (χ0) is 23.9. The molecule has 7 nitrogen and oxygen atoms in total. The van der Waals surface area contributed by atoms with Gasteiger partial charge in [0.15, 0.2) is 0 Å². The SMILES string of the molecule is N#CCn1c(=O)c(-c2ccccc2Cl)cc2cnc(NC3C4CN(Cc5ccccc5)CC43)nc21. The highest BCUT2D eigenvalue weighted by Gasteiger charge is 2.55. The van der Waals surface area contributed by atoms with Crippen molar-refractivity contribution < 1.29 is 0 Å². The van der Waals surface area contributed by atoms with Crippen LogP contribution in [0.25, 0.3) is 22.2 Å². The normalized spacial score (nSPS) is 21.0. The number of hydrogen-bond donors (Lipinski definition) is 1. The van der Waals surface area contributed by atoms with Crippen molar-refractivity contribution in [2.24, 2.45) is 11.8 Å². The Bertz CT molecular complexity index is 1500. The van der Waals surface area contributed by atoms with Crippen LogP contribution < -0.4 is 10.9 Å². The number of halogens is 1. The Morgan fingerprint density at radius 3 is 2.54 bits per heavy atom. The van der Waals surface area contributed by atoms with Crippen LogP contribution in [0.5, 0.6) is 0 Å². The molecule has 8 heteroatoms. The molecule has 0 spiro atoms. The fourth-order valence-electron chi connectivity index (χ4n) is 5.27. The molecule has 1 saturated carbocycles. The zero-order valence-corrected chi connectivity index (χ0v) is 19.7. The van der Waals surface area contributed by atoms with E-state index in [0.29, 0.717) is 51.0 Å². The maximum atomic E-state index is 13.3. The quantitative estimate of drug-likeness (QED) is 0.443. The molecule has 1 saturated heterocycles. The van der Waals surface area contributed by atoms with Crippen LogP contribution in [-0.4, -0.2) is 38.6 Å². The number of pyridine rings is 1. The van der Waals surface area contributed by atoms with Gasteiger partial charge in [-0.2, -0.15) is 10.2 Å². The fourth-order valence-corrected chi connectivity index (χ4v) is 5.50. The number of fused-ring (bicyclic) bond motifs is 2. The molecule has 0 radical (unpaired) electrons. The summed E-state index contributed by atoms with van der Waals surface area (Å²) in [5.74, 6) is 1.63. The molecular weight excluding hydrogens is 460 g/mol. The lowest BCUT2D eigenvalue weighted by atomic mass is 10.1. The lowest BCUT2D eigenvalue weighted by molar-refractivity contribution is 0.292. The first-order valence-electron chi connectivity index (χ1n) is 11.7. The third-order valence-corrected chi connectivity index (χ3v) is 7.36. The van der Waals surface area contributed by atoms with E-state index in [-0.39, 0.29) is 12.1 Å². The first kappa shape index (κ1) is 21.8. The molecule has 174 valence electrons. The van der Waals surface area contributed by atoms with Gasteiger partial charge < -0.3 is 5.32 Å². The number of hydrogen-bond acceptors (Lipinski definition) is 6. The van der Waals surface area contributed by atoms with Crippen LogP contribution in [-0.2, 0) is 13.1 Å². The van der Waals surface area contributed by atoms with Gasteiger partial charge in [0, 0.05) is 53.4 Å². The third kappa shape index (κ3) is 4.05. The summed E-state index contributed by atoms with van der Waals surface area (Å²) in [6.07, 6.45) is 1.71. The lowest BCUT2D eigenvalue weighted by Gasteiger charge is -2.20. The van der Waals surface area contributed by atoms with Crippen molar-refractivity contribution in [2.75, 3.05) is 18.4 Å². The van der Waals surface area contributed by atoms with E-state index in [9.17, 15) is 10.1 Å². The van der Waals surface area contributed by atoms with Gasteiger partial charge in [0.2, 0.25) is 5.95 Å². The Morgan fingerprint density at radius 2 is 1.80 bits per heavy atom. The van der Waals surface area contributed by atoms with Gasteiger partial charge in [-0.05, 0) is 29.5 Å². The van der Waals surface area contributed by atoms with Gasteiger partial charge in [0.25, 0.3) is 5.56 Å². The van der Waals surface area contributed by atoms with Gasteiger partial charge in [0.1, 0.15) is 12.2 Å². The summed E-state index contributed by atoms with van der Waals surface area (Å²) in [5.41, 5.74) is 2.54. The minimum Gasteiger partial charge on any atom is -0.351 e. The van der Waals surface area contributed by atoms with E-state index in [1.807, 2.05) is 18.2 Å². The minimum absolute atomic E-state index is 0.104. The Kier molecular flexibility index (Phi) is 5.48. The van der Waals surface area contributed by atoms with Crippen molar-refractivity contribution >= 4 is 28.6 Å². The second-order valence-electron chi connectivity index (χ2n) is 9.24. The predicted octanol–water partition coefficient (Wildman–Crippen LogP) is 4.18. The summed E-state index contributed by atoms with van der Waals surface area (Å²) < 4.78 is 1.40. The maximum absolute atomic E-state index is 13.3. The van der Waals surface area contributed by atoms with E-state index in [2.05, 4.69) is 50.5 Å². The van der Waals surface area contributed by atoms with Crippen LogP contribution in [0.15, 0.2) is 71.7 Å². The van der Waals surface area contributed by atoms with E-state index in [0.717, 1.165) is 19.6 Å². The van der Waals surface area contributed by atoms with Gasteiger partial charge in [-0.1, -0.05) is 60.1 Å². The molecule has 2 unspecified atom stereocenters. The van der Waals surface area contributed by atoms with Gasteiger partial charge in [-0.3, -0.25) is 14.3 Å². The molecule has 2 aromatic carbocycles. The van der Waals surface area contributed by atoms with Crippen LogP contribution in [0, 0.1) is 23.2 Å². The number of nitrogens with one attached hydrogen (secondary N) is 1. The molecule has 2 aliphatic rings. The second-order valence-corrected chi connectivity index (χ2v) is 9.64. The highest BCUT2D eigenvalue weighted by atomic mass is 35.5. The highest BCUT2D eigenvalue weighted by molar-refractivity contribution is 6.33. The van der Waals surface area contributed by atoms with Gasteiger partial charge in [-0.15, -0.1) is 0 Å². The Balaban J connectivity index is 1.23. The summed E-state index contributed by atoms with van der Waals surface area (Å²) in [5, 5.41) is 14.0. The average molecular weight is 483 g/mol. The van der Waals surface area contributed by atoms with Crippen LogP contribution in [0.1, 0.15) is 5.56 Å². The molecular formula is C27H23ClN6O. The lowest BCUT2D eigenvalue weighted by Crippen LogP contribution is -2.28. The second kappa shape index (κ2) is 8.81. The monoisotopic (exact) mass is 482 g/mol. The van der Waals surface area contributed by atoms with Crippen LogP contribution in [0.4, 0.5) is 5.95 Å². The third-order valence-electron chi connectivity index (χ3n) is 7.03. The molecule has 4 aromatic rings. The number of benzene rings is 2. The summed E-state index contributed by atoms with van der Waals surface area (Å²) in [4.78, 5) is 24.9. The van der Waals surface area contributed by atoms with Crippen molar-refractivity contribution in [3.05, 3.63) is 87.8 Å². The zero-order valence-electron chi connectivity index (χ0n) is 18.9. The number of piperidine rings is 1. The molecule has 1 aliphatic carbocycles. The Hall–Kier alpha value is -3.73. The average Bonchev–Trinajstić information content (AvgIpc) is 3.30. The maximum Gasteiger partial charge on any atom is 0.261 e. The van der Waals surface area contributed by atoms with Crippen molar-refractivity contribution in [1.82, 2.24) is 19.4 Å². The fraction of sp³-hybridized carbons (Fsp3) is 0.259. The molecule has 6 rings (SSSR count). The molecule has 1 aliphatic heterocycles. The van der Waals surface area contributed by atoms with Gasteiger partial charge in [-0.25, -0.2) is 4.98 Å². The van der Waals surface area contributed by atoms with E-state index in [1.165, 1.54) is 10.1 Å². The van der Waals surface area contributed by atoms with Crippen LogP contribution >= 0.6 is 11.6 Å². The van der Waals surface area contributed by atoms with Crippen LogP contribution in [0.3, 0.4) is 0 Å². The number of anilines is 1. The molecule has 35 heavy (non-hydrogen) atoms. The van der Waals surface area contributed by atoms with E-state index >= 15 is 0 Å². The standard InChI is InChI=1S/C27H23ClN6O/c28-23-9-5-4-8-19(23)20-12-18-13-30-27(32-25(18)34(11-10-29)26(20)35)31-24-21-15-33(16-22(21)24)14-17-6-2-1-3-7-17/h1-9,12-13,21-22,24H,11,14-16H2,(H,30,31,32).